The molecule has 1 fully saturated rings. The molecule has 2 aliphatic rings. The Hall–Kier alpha value is -2.66. The highest BCUT2D eigenvalue weighted by Gasteiger charge is 2.43. The molecule has 10 heteroatoms. The number of aliphatic hydroxyl groups excluding tert-OH is 1. The van der Waals surface area contributed by atoms with Crippen molar-refractivity contribution in [2.45, 2.75) is 64.3 Å². The van der Waals surface area contributed by atoms with Gasteiger partial charge >= 0.3 is 13.4 Å². The van der Waals surface area contributed by atoms with Crippen molar-refractivity contribution in [1.29, 1.82) is 0 Å². The molecule has 0 saturated carbocycles. The van der Waals surface area contributed by atoms with Gasteiger partial charge in [0.1, 0.15) is 35.8 Å². The topological polar surface area (TPSA) is 104 Å². The number of carbonyl (C=O) groups excluding carboxylic acids is 2. The summed E-state index contributed by atoms with van der Waals surface area (Å²) in [4.78, 5) is 26.1. The molecule has 1 aromatic rings. The van der Waals surface area contributed by atoms with Crippen molar-refractivity contribution in [1.82, 2.24) is 0 Å². The van der Waals surface area contributed by atoms with E-state index in [0.29, 0.717) is 23.9 Å². The molecule has 5 atom stereocenters. The van der Waals surface area contributed by atoms with Gasteiger partial charge in [0.25, 0.3) is 0 Å². The molecule has 0 aliphatic carbocycles. The van der Waals surface area contributed by atoms with Gasteiger partial charge in [-0.2, -0.15) is 0 Å². The van der Waals surface area contributed by atoms with Crippen molar-refractivity contribution in [3.63, 3.8) is 0 Å². The standard InChI is InChI=1S/C26H35BNO8/c1-16-10-11-20(30)24-21(35-26(3,4)36-24)9-7-8-18-12-19(28(5)27-14-29)13-22(33-15-32-6)23(18)25(31)34-17(16)2/h7-8,10-14,16-17,20-21,24,30H,9,15H2,1-6H3/t16-,17+,20?,21+,24?/m1/s1. The molecule has 1 N–H and O–H groups in total. The van der Waals surface area contributed by atoms with Crippen molar-refractivity contribution in [2.75, 3.05) is 25.8 Å². The molecule has 0 aromatic heterocycles. The minimum Gasteiger partial charge on any atom is -0.467 e. The Balaban J connectivity index is 2.10. The lowest BCUT2D eigenvalue weighted by atomic mass is 9.93. The number of ether oxygens (including phenoxy) is 5. The molecule has 9 nitrogen and oxygen atoms in total. The van der Waals surface area contributed by atoms with Crippen LogP contribution in [-0.2, 0) is 23.7 Å². The molecule has 2 heterocycles. The molecular weight excluding hydrogens is 465 g/mol. The number of methoxy groups -OCH3 is 1. The molecule has 1 saturated heterocycles. The zero-order valence-electron chi connectivity index (χ0n) is 21.7. The van der Waals surface area contributed by atoms with Crippen LogP contribution >= 0.6 is 0 Å². The van der Waals surface area contributed by atoms with Gasteiger partial charge in [-0.25, -0.2) is 4.79 Å². The fourth-order valence-corrected chi connectivity index (χ4v) is 4.14. The van der Waals surface area contributed by atoms with Crippen LogP contribution in [0.2, 0.25) is 0 Å². The first-order chi connectivity index (χ1) is 17.1. The van der Waals surface area contributed by atoms with Crippen molar-refractivity contribution in [3.8, 4) is 5.75 Å². The highest BCUT2D eigenvalue weighted by Crippen LogP contribution is 2.35. The molecular formula is C26H35BNO8. The van der Waals surface area contributed by atoms with Gasteiger partial charge in [0, 0.05) is 24.8 Å². The summed E-state index contributed by atoms with van der Waals surface area (Å²) in [5.74, 6) is -1.32. The number of benzene rings is 1. The maximum Gasteiger partial charge on any atom is 0.342 e. The van der Waals surface area contributed by atoms with Gasteiger partial charge in [0.05, 0.1) is 6.10 Å². The zero-order valence-corrected chi connectivity index (χ0v) is 21.7. The molecule has 2 unspecified atom stereocenters. The van der Waals surface area contributed by atoms with E-state index < -0.39 is 36.2 Å². The van der Waals surface area contributed by atoms with Crippen LogP contribution in [-0.4, -0.2) is 75.8 Å². The Labute approximate surface area is 213 Å². The van der Waals surface area contributed by atoms with Crippen molar-refractivity contribution in [2.24, 2.45) is 5.92 Å². The summed E-state index contributed by atoms with van der Waals surface area (Å²) in [6.07, 6.45) is 5.87. The van der Waals surface area contributed by atoms with E-state index in [-0.39, 0.29) is 24.0 Å². The van der Waals surface area contributed by atoms with Crippen LogP contribution in [0.25, 0.3) is 6.08 Å². The lowest BCUT2D eigenvalue weighted by Crippen LogP contribution is -2.34. The molecule has 2 aliphatic heterocycles. The molecule has 0 bridgehead atoms. The number of hydrogen-bond acceptors (Lipinski definition) is 9. The predicted molar refractivity (Wildman–Crippen MR) is 137 cm³/mol. The normalized spacial score (nSPS) is 27.9. The molecule has 195 valence electrons. The summed E-state index contributed by atoms with van der Waals surface area (Å²) in [5.41, 5.74) is 1.41. The van der Waals surface area contributed by atoms with E-state index in [1.807, 2.05) is 32.9 Å². The quantitative estimate of drug-likeness (QED) is 0.208. The minimum atomic E-state index is -0.890. The largest absolute Gasteiger partial charge is 0.467 e. The third-order valence-electron chi connectivity index (χ3n) is 6.21. The predicted octanol–water partition coefficient (Wildman–Crippen LogP) is 2.95. The number of carbonyl (C=O) groups is 2. The number of hydrogen-bond donors (Lipinski definition) is 1. The maximum absolute atomic E-state index is 13.4. The summed E-state index contributed by atoms with van der Waals surface area (Å²) < 4.78 is 28.7. The number of aliphatic hydroxyl groups is 1. The summed E-state index contributed by atoms with van der Waals surface area (Å²) in [6.45, 7) is 7.23. The first kappa shape index (κ1) is 27.9. The van der Waals surface area contributed by atoms with Crippen LogP contribution in [0.3, 0.4) is 0 Å². The second kappa shape index (κ2) is 12.1. The summed E-state index contributed by atoms with van der Waals surface area (Å²) in [7, 11) is 4.56. The van der Waals surface area contributed by atoms with Crippen LogP contribution in [0.4, 0.5) is 5.69 Å². The van der Waals surface area contributed by atoms with Crippen LogP contribution in [0.1, 0.15) is 50.0 Å². The highest BCUT2D eigenvalue weighted by atomic mass is 16.8. The second-order valence-electron chi connectivity index (χ2n) is 9.48. The van der Waals surface area contributed by atoms with E-state index in [1.165, 1.54) is 14.5 Å². The molecule has 0 spiro atoms. The third kappa shape index (κ3) is 6.76. The smallest absolute Gasteiger partial charge is 0.342 e. The summed E-state index contributed by atoms with van der Waals surface area (Å²) in [6, 6.07) is 3.43. The number of fused-ring (bicyclic) bond motifs is 2. The third-order valence-corrected chi connectivity index (χ3v) is 6.21. The zero-order chi connectivity index (χ0) is 26.5. The first-order valence-electron chi connectivity index (χ1n) is 12.0. The van der Waals surface area contributed by atoms with E-state index >= 15 is 0 Å². The number of esters is 1. The van der Waals surface area contributed by atoms with Gasteiger partial charge in [-0.15, -0.1) is 0 Å². The fourth-order valence-electron chi connectivity index (χ4n) is 4.14. The molecule has 3 rings (SSSR count). The minimum absolute atomic E-state index is 0.0788. The van der Waals surface area contributed by atoms with Gasteiger partial charge in [-0.3, -0.25) is 0 Å². The van der Waals surface area contributed by atoms with Crippen molar-refractivity contribution in [3.05, 3.63) is 41.5 Å². The van der Waals surface area contributed by atoms with Crippen LogP contribution < -0.4 is 9.55 Å². The molecule has 1 radical (unpaired) electrons. The van der Waals surface area contributed by atoms with Gasteiger partial charge in [0.2, 0.25) is 0 Å². The number of rotatable bonds is 6. The Bertz CT molecular complexity index is 994. The van der Waals surface area contributed by atoms with E-state index in [0.717, 1.165) is 0 Å². The van der Waals surface area contributed by atoms with E-state index in [1.54, 1.807) is 43.1 Å². The van der Waals surface area contributed by atoms with Gasteiger partial charge < -0.3 is 38.4 Å². The average Bonchev–Trinajstić information content (AvgIpc) is 3.14. The van der Waals surface area contributed by atoms with E-state index in [4.69, 9.17) is 23.7 Å². The summed E-state index contributed by atoms with van der Waals surface area (Å²) >= 11 is 0. The SMILES string of the molecule is COCOc1cc(N(C)[B]C=O)cc2c1C(=O)O[C@@H](C)[C@H](C)C=CC(O)C1OC(C)(C)O[C@H]1CC=C2. The molecule has 36 heavy (non-hydrogen) atoms. The lowest BCUT2D eigenvalue weighted by Gasteiger charge is -2.24. The van der Waals surface area contributed by atoms with Crippen molar-refractivity contribution < 1.29 is 38.4 Å². The molecule has 1 aromatic carbocycles. The Morgan fingerprint density at radius 2 is 2.00 bits per heavy atom. The Morgan fingerprint density at radius 3 is 2.69 bits per heavy atom. The van der Waals surface area contributed by atoms with Crippen LogP contribution in [0, 0.1) is 5.92 Å². The fraction of sp³-hybridized carbons (Fsp3) is 0.538. The van der Waals surface area contributed by atoms with E-state index in [2.05, 4.69) is 0 Å². The van der Waals surface area contributed by atoms with Crippen molar-refractivity contribution >= 4 is 31.3 Å². The maximum atomic E-state index is 13.4. The number of anilines is 1. The summed E-state index contributed by atoms with van der Waals surface area (Å²) in [5, 5.41) is 10.8. The molecule has 0 amide bonds. The lowest BCUT2D eigenvalue weighted by molar-refractivity contribution is -0.152. The first-order valence-corrected chi connectivity index (χ1v) is 12.0. The number of nitrogens with zero attached hydrogens (tertiary/aromatic N) is 1. The van der Waals surface area contributed by atoms with Crippen LogP contribution in [0.5, 0.6) is 5.75 Å². The van der Waals surface area contributed by atoms with Gasteiger partial charge in [-0.1, -0.05) is 31.2 Å². The average molecular weight is 500 g/mol. The van der Waals surface area contributed by atoms with Crippen LogP contribution in [0.15, 0.2) is 30.4 Å². The number of cyclic esters (lactones) is 1. The Kier molecular flexibility index (Phi) is 9.35. The second-order valence-corrected chi connectivity index (χ2v) is 9.48. The van der Waals surface area contributed by atoms with Gasteiger partial charge in [-0.05, 0) is 45.9 Å². The van der Waals surface area contributed by atoms with E-state index in [9.17, 15) is 14.7 Å². The highest BCUT2D eigenvalue weighted by molar-refractivity contribution is 6.70. The Morgan fingerprint density at radius 1 is 1.25 bits per heavy atom. The monoisotopic (exact) mass is 500 g/mol. The van der Waals surface area contributed by atoms with Gasteiger partial charge in [0.15, 0.2) is 12.6 Å².